The number of hydrogen-bond donors (Lipinski definition) is 2. The zero-order chi connectivity index (χ0) is 17.0. The first-order valence-electron chi connectivity index (χ1n) is 8.14. The molecule has 3 N–H and O–H groups in total. The van der Waals surface area contributed by atoms with E-state index in [1.54, 1.807) is 30.3 Å². The van der Waals surface area contributed by atoms with Gasteiger partial charge in [-0.15, -0.1) is 0 Å². The summed E-state index contributed by atoms with van der Waals surface area (Å²) in [5.74, 6) is 0.303. The van der Waals surface area contributed by atoms with Crippen LogP contribution in [0.1, 0.15) is 11.5 Å². The van der Waals surface area contributed by atoms with Crippen LogP contribution in [-0.4, -0.2) is 45.5 Å². The molecule has 0 aromatic heterocycles. The molecule has 0 unspecified atom stereocenters. The van der Waals surface area contributed by atoms with E-state index in [1.165, 1.54) is 5.56 Å². The first-order valence-corrected chi connectivity index (χ1v) is 9.62. The quantitative estimate of drug-likeness (QED) is 0.830. The number of nitrogens with two attached hydrogens (primary N) is 1. The van der Waals surface area contributed by atoms with E-state index in [1.807, 2.05) is 18.2 Å². The van der Waals surface area contributed by atoms with E-state index in [0.29, 0.717) is 23.9 Å². The van der Waals surface area contributed by atoms with Gasteiger partial charge in [-0.05, 0) is 17.7 Å². The van der Waals surface area contributed by atoms with Gasteiger partial charge in [0.1, 0.15) is 0 Å². The second-order valence-electron chi connectivity index (χ2n) is 6.15. The average Bonchev–Trinajstić information content (AvgIpc) is 2.97. The summed E-state index contributed by atoms with van der Waals surface area (Å²) in [5.41, 5.74) is 7.52. The van der Waals surface area contributed by atoms with Crippen LogP contribution in [-0.2, 0) is 10.0 Å². The van der Waals surface area contributed by atoms with Gasteiger partial charge in [-0.2, -0.15) is 0 Å². The highest BCUT2D eigenvalue weighted by atomic mass is 32.2. The van der Waals surface area contributed by atoms with Crippen LogP contribution >= 0.6 is 0 Å². The Kier molecular flexibility index (Phi) is 5.30. The van der Waals surface area contributed by atoms with Crippen LogP contribution < -0.4 is 10.5 Å². The highest BCUT2D eigenvalue weighted by molar-refractivity contribution is 7.89. The zero-order valence-corrected chi connectivity index (χ0v) is 14.3. The Labute approximate surface area is 143 Å². The minimum absolute atomic E-state index is 0.0816. The van der Waals surface area contributed by atoms with Crippen LogP contribution in [0.5, 0.6) is 0 Å². The summed E-state index contributed by atoms with van der Waals surface area (Å²) in [6.07, 6.45) is 0. The lowest BCUT2D eigenvalue weighted by atomic mass is 9.95. The van der Waals surface area contributed by atoms with Crippen molar-refractivity contribution in [3.8, 4) is 0 Å². The summed E-state index contributed by atoms with van der Waals surface area (Å²) in [4.78, 5) is 2.51. The molecule has 0 aliphatic carbocycles. The number of hydrogen-bond acceptors (Lipinski definition) is 4. The SMILES string of the molecule is N[C@@H]1CN(CCNS(=O)(=O)c2ccccc2)C[C@H]1c1ccccc1. The Morgan fingerprint density at radius 1 is 1.00 bits per heavy atom. The van der Waals surface area contributed by atoms with Gasteiger partial charge < -0.3 is 5.73 Å². The molecule has 24 heavy (non-hydrogen) atoms. The number of nitrogens with one attached hydrogen (secondary N) is 1. The number of benzene rings is 2. The molecule has 2 atom stereocenters. The van der Waals surface area contributed by atoms with Gasteiger partial charge in [-0.25, -0.2) is 13.1 Å². The van der Waals surface area contributed by atoms with Crippen molar-refractivity contribution in [2.45, 2.75) is 16.9 Å². The summed E-state index contributed by atoms with van der Waals surface area (Å²) >= 11 is 0. The van der Waals surface area contributed by atoms with Gasteiger partial charge in [0.15, 0.2) is 0 Å². The molecular weight excluding hydrogens is 322 g/mol. The van der Waals surface area contributed by atoms with Crippen LogP contribution in [0.2, 0.25) is 0 Å². The fraction of sp³-hybridized carbons (Fsp3) is 0.333. The van der Waals surface area contributed by atoms with Gasteiger partial charge in [0, 0.05) is 38.1 Å². The van der Waals surface area contributed by atoms with Crippen molar-refractivity contribution in [2.75, 3.05) is 26.2 Å². The Hall–Kier alpha value is -1.73. The largest absolute Gasteiger partial charge is 0.326 e. The summed E-state index contributed by atoms with van der Waals surface area (Å²) in [6.45, 7) is 2.68. The topological polar surface area (TPSA) is 75.4 Å². The smallest absolute Gasteiger partial charge is 0.240 e. The summed E-state index contributed by atoms with van der Waals surface area (Å²) in [6, 6.07) is 18.8. The molecule has 0 bridgehead atoms. The molecule has 1 saturated heterocycles. The lowest BCUT2D eigenvalue weighted by Gasteiger charge is -2.16. The zero-order valence-electron chi connectivity index (χ0n) is 13.5. The fourth-order valence-corrected chi connectivity index (χ4v) is 4.21. The fourth-order valence-electron chi connectivity index (χ4n) is 3.17. The molecular formula is C18H23N3O2S. The molecule has 5 nitrogen and oxygen atoms in total. The summed E-state index contributed by atoms with van der Waals surface area (Å²) < 4.78 is 27.1. The molecule has 2 aromatic rings. The molecule has 128 valence electrons. The third kappa shape index (κ3) is 4.02. The number of nitrogens with zero attached hydrogens (tertiary/aromatic N) is 1. The van der Waals surface area contributed by atoms with Gasteiger partial charge in [0.05, 0.1) is 4.90 Å². The van der Waals surface area contributed by atoms with Crippen molar-refractivity contribution in [1.29, 1.82) is 0 Å². The maximum atomic E-state index is 12.2. The summed E-state index contributed by atoms with van der Waals surface area (Å²) in [5, 5.41) is 0. The maximum absolute atomic E-state index is 12.2. The van der Waals surface area contributed by atoms with E-state index in [-0.39, 0.29) is 6.04 Å². The second kappa shape index (κ2) is 7.44. The van der Waals surface area contributed by atoms with Gasteiger partial charge in [0.2, 0.25) is 10.0 Å². The van der Waals surface area contributed by atoms with Crippen molar-refractivity contribution in [1.82, 2.24) is 9.62 Å². The third-order valence-electron chi connectivity index (χ3n) is 4.44. The van der Waals surface area contributed by atoms with E-state index in [9.17, 15) is 8.42 Å². The molecule has 0 amide bonds. The van der Waals surface area contributed by atoms with Crippen LogP contribution in [0.25, 0.3) is 0 Å². The molecule has 0 spiro atoms. The Balaban J connectivity index is 1.53. The van der Waals surface area contributed by atoms with E-state index < -0.39 is 10.0 Å². The number of rotatable bonds is 6. The molecule has 0 saturated carbocycles. The minimum Gasteiger partial charge on any atom is -0.326 e. The first-order chi connectivity index (χ1) is 11.6. The van der Waals surface area contributed by atoms with Crippen LogP contribution in [0.3, 0.4) is 0 Å². The van der Waals surface area contributed by atoms with Gasteiger partial charge >= 0.3 is 0 Å². The lowest BCUT2D eigenvalue weighted by Crippen LogP contribution is -2.35. The van der Waals surface area contributed by atoms with E-state index >= 15 is 0 Å². The molecule has 1 aliphatic rings. The van der Waals surface area contributed by atoms with Crippen molar-refractivity contribution in [3.05, 3.63) is 66.2 Å². The Morgan fingerprint density at radius 3 is 2.29 bits per heavy atom. The molecule has 3 rings (SSSR count). The van der Waals surface area contributed by atoms with Crippen molar-refractivity contribution in [3.63, 3.8) is 0 Å². The van der Waals surface area contributed by atoms with Crippen molar-refractivity contribution in [2.24, 2.45) is 5.73 Å². The van der Waals surface area contributed by atoms with Crippen LogP contribution in [0.15, 0.2) is 65.6 Å². The minimum atomic E-state index is -3.44. The van der Waals surface area contributed by atoms with Crippen molar-refractivity contribution < 1.29 is 8.42 Å². The molecule has 6 heteroatoms. The predicted molar refractivity (Wildman–Crippen MR) is 95.2 cm³/mol. The predicted octanol–water partition coefficient (Wildman–Crippen LogP) is 1.39. The highest BCUT2D eigenvalue weighted by Crippen LogP contribution is 2.25. The molecule has 1 fully saturated rings. The number of likely N-dealkylation sites (tertiary alicyclic amines) is 1. The second-order valence-corrected chi connectivity index (χ2v) is 7.92. The number of sulfonamides is 1. The maximum Gasteiger partial charge on any atom is 0.240 e. The normalized spacial score (nSPS) is 21.9. The standard InChI is InChI=1S/C18H23N3O2S/c19-18-14-21(13-17(18)15-7-3-1-4-8-15)12-11-20-24(22,23)16-9-5-2-6-10-16/h1-10,17-18,20H,11-14,19H2/t17-,18+/m0/s1. The molecule has 2 aromatic carbocycles. The molecule has 1 heterocycles. The van der Waals surface area contributed by atoms with E-state index in [2.05, 4.69) is 21.8 Å². The lowest BCUT2D eigenvalue weighted by molar-refractivity contribution is 0.336. The third-order valence-corrected chi connectivity index (χ3v) is 5.92. The monoisotopic (exact) mass is 345 g/mol. The Morgan fingerprint density at radius 2 is 1.62 bits per heavy atom. The summed E-state index contributed by atoms with van der Waals surface area (Å²) in [7, 11) is -3.44. The van der Waals surface area contributed by atoms with Crippen LogP contribution in [0.4, 0.5) is 0 Å². The highest BCUT2D eigenvalue weighted by Gasteiger charge is 2.30. The van der Waals surface area contributed by atoms with Crippen LogP contribution in [0, 0.1) is 0 Å². The van der Waals surface area contributed by atoms with E-state index in [0.717, 1.165) is 13.1 Å². The molecule has 1 aliphatic heterocycles. The Bertz CT molecular complexity index is 750. The first kappa shape index (κ1) is 17.1. The van der Waals surface area contributed by atoms with Crippen molar-refractivity contribution >= 4 is 10.0 Å². The van der Waals surface area contributed by atoms with Gasteiger partial charge in [-0.1, -0.05) is 48.5 Å². The van der Waals surface area contributed by atoms with Gasteiger partial charge in [0.25, 0.3) is 0 Å². The average molecular weight is 345 g/mol. The molecule has 0 radical (unpaired) electrons. The van der Waals surface area contributed by atoms with E-state index in [4.69, 9.17) is 5.73 Å². The van der Waals surface area contributed by atoms with Gasteiger partial charge in [-0.3, -0.25) is 4.90 Å².